The second-order valence-electron chi connectivity index (χ2n) is 8.33. The third-order valence-corrected chi connectivity index (χ3v) is 5.61. The Morgan fingerprint density at radius 1 is 1.12 bits per heavy atom. The van der Waals surface area contributed by atoms with Crippen LogP contribution in [0.5, 0.6) is 5.75 Å². The van der Waals surface area contributed by atoms with Crippen molar-refractivity contribution in [2.24, 2.45) is 0 Å². The number of fused-ring (bicyclic) bond motifs is 3. The van der Waals surface area contributed by atoms with Crippen LogP contribution in [-0.4, -0.2) is 43.6 Å². The molecule has 9 heteroatoms. The molecule has 0 radical (unpaired) electrons. The topological polar surface area (TPSA) is 87.7 Å². The lowest BCUT2D eigenvalue weighted by Gasteiger charge is -2.19. The summed E-state index contributed by atoms with van der Waals surface area (Å²) in [6.45, 7) is 7.41. The minimum atomic E-state index is -0.570. The van der Waals surface area contributed by atoms with Gasteiger partial charge in [0, 0.05) is 0 Å². The highest BCUT2D eigenvalue weighted by atomic mass is 32.2. The number of rotatable bonds is 5. The highest BCUT2D eigenvalue weighted by Crippen LogP contribution is 2.28. The van der Waals surface area contributed by atoms with Crippen molar-refractivity contribution in [1.29, 1.82) is 0 Å². The van der Waals surface area contributed by atoms with E-state index in [9.17, 15) is 9.59 Å². The van der Waals surface area contributed by atoms with Crippen LogP contribution < -0.4 is 10.3 Å². The molecule has 0 bridgehead atoms. The van der Waals surface area contributed by atoms with Crippen LogP contribution in [0.15, 0.2) is 52.4 Å². The molecule has 2 heterocycles. The summed E-state index contributed by atoms with van der Waals surface area (Å²) in [5.41, 5.74) is 1.40. The first kappa shape index (κ1) is 21.9. The molecule has 2 aromatic heterocycles. The third-order valence-electron chi connectivity index (χ3n) is 4.71. The van der Waals surface area contributed by atoms with Crippen LogP contribution in [0.3, 0.4) is 0 Å². The number of thioether (sulfide) groups is 1. The van der Waals surface area contributed by atoms with E-state index in [0.29, 0.717) is 33.3 Å². The van der Waals surface area contributed by atoms with Crippen molar-refractivity contribution >= 4 is 34.4 Å². The summed E-state index contributed by atoms with van der Waals surface area (Å²) < 4.78 is 14.2. The van der Waals surface area contributed by atoms with Gasteiger partial charge >= 0.3 is 5.97 Å². The van der Waals surface area contributed by atoms with Crippen molar-refractivity contribution < 1.29 is 14.3 Å². The highest BCUT2D eigenvalue weighted by molar-refractivity contribution is 7.99. The van der Waals surface area contributed by atoms with E-state index in [1.54, 1.807) is 17.6 Å². The number of nitrogens with zero attached hydrogens (tertiary/aromatic N) is 4. The quantitative estimate of drug-likeness (QED) is 0.336. The summed E-state index contributed by atoms with van der Waals surface area (Å²) in [4.78, 5) is 25.7. The van der Waals surface area contributed by atoms with E-state index < -0.39 is 5.60 Å². The smallest absolute Gasteiger partial charge is 0.316 e. The van der Waals surface area contributed by atoms with Crippen molar-refractivity contribution in [2.75, 3.05) is 12.9 Å². The minimum absolute atomic E-state index is 0.0687. The van der Waals surface area contributed by atoms with Crippen molar-refractivity contribution in [2.45, 2.75) is 38.5 Å². The molecule has 0 aliphatic carbocycles. The van der Waals surface area contributed by atoms with Gasteiger partial charge in [-0.25, -0.2) is 4.57 Å². The number of carbonyl (C=O) groups is 1. The largest absolute Gasteiger partial charge is 0.495 e. The molecular weight excluding hydrogens is 428 g/mol. The molecule has 0 fully saturated rings. The van der Waals surface area contributed by atoms with Gasteiger partial charge in [0.05, 0.1) is 29.5 Å². The maximum absolute atomic E-state index is 13.5. The zero-order valence-corrected chi connectivity index (χ0v) is 19.4. The van der Waals surface area contributed by atoms with Gasteiger partial charge in [-0.1, -0.05) is 30.0 Å². The molecular formula is C23H24N4O4S. The lowest BCUT2D eigenvalue weighted by atomic mass is 10.2. The highest BCUT2D eigenvalue weighted by Gasteiger charge is 2.22. The standard InChI is InChI=1S/C23H24N4O4S/c1-14-10-11-18(30-5)17(12-14)26-20(29)15-8-6-7-9-16(15)27-21(26)24-25-22(27)32-13-19(28)31-23(2,3)4/h6-12H,13H2,1-5H3. The van der Waals surface area contributed by atoms with Crippen molar-refractivity contribution in [3.8, 4) is 11.4 Å². The summed E-state index contributed by atoms with van der Waals surface area (Å²) in [6, 6.07) is 12.9. The molecule has 0 N–H and O–H groups in total. The molecule has 166 valence electrons. The monoisotopic (exact) mass is 452 g/mol. The molecule has 0 aliphatic heterocycles. The molecule has 8 nitrogen and oxygen atoms in total. The van der Waals surface area contributed by atoms with Crippen LogP contribution in [0, 0.1) is 6.92 Å². The number of para-hydroxylation sites is 1. The van der Waals surface area contributed by atoms with E-state index in [0.717, 1.165) is 5.56 Å². The van der Waals surface area contributed by atoms with E-state index >= 15 is 0 Å². The number of aryl methyl sites for hydroxylation is 1. The summed E-state index contributed by atoms with van der Waals surface area (Å²) in [5.74, 6) is 0.599. The molecule has 0 saturated heterocycles. The molecule has 0 amide bonds. The molecule has 0 aliphatic rings. The fraction of sp³-hybridized carbons (Fsp3) is 0.304. The van der Waals surface area contributed by atoms with Gasteiger partial charge in [0.25, 0.3) is 5.56 Å². The number of carbonyl (C=O) groups excluding carboxylic acids is 1. The van der Waals surface area contributed by atoms with E-state index in [1.165, 1.54) is 16.3 Å². The van der Waals surface area contributed by atoms with Gasteiger partial charge in [0.2, 0.25) is 5.78 Å². The number of esters is 1. The summed E-state index contributed by atoms with van der Waals surface area (Å²) >= 11 is 1.21. The molecule has 0 atom stereocenters. The SMILES string of the molecule is COc1ccc(C)cc1-n1c(=O)c2ccccc2n2c(SCC(=O)OC(C)(C)C)nnc12. The van der Waals surface area contributed by atoms with Gasteiger partial charge in [0.1, 0.15) is 11.4 Å². The van der Waals surface area contributed by atoms with E-state index in [4.69, 9.17) is 9.47 Å². The second kappa shape index (κ2) is 8.31. The molecule has 0 unspecified atom stereocenters. The molecule has 4 aromatic rings. The predicted octanol–water partition coefficient (Wildman–Crippen LogP) is 3.78. The van der Waals surface area contributed by atoms with Crippen LogP contribution in [-0.2, 0) is 9.53 Å². The average molecular weight is 453 g/mol. The van der Waals surface area contributed by atoms with E-state index in [2.05, 4.69) is 10.2 Å². The van der Waals surface area contributed by atoms with Crippen LogP contribution in [0.1, 0.15) is 26.3 Å². The first-order valence-corrected chi connectivity index (χ1v) is 11.1. The lowest BCUT2D eigenvalue weighted by molar-refractivity contribution is -0.151. The first-order valence-electron chi connectivity index (χ1n) is 10.1. The third kappa shape index (κ3) is 4.08. The Balaban J connectivity index is 1.92. The van der Waals surface area contributed by atoms with Gasteiger partial charge in [-0.2, -0.15) is 0 Å². The molecule has 0 saturated carbocycles. The average Bonchev–Trinajstić information content (AvgIpc) is 3.15. The molecule has 4 rings (SSSR count). The zero-order valence-electron chi connectivity index (χ0n) is 18.6. The van der Waals surface area contributed by atoms with Gasteiger partial charge in [-0.05, 0) is 57.5 Å². The summed E-state index contributed by atoms with van der Waals surface area (Å²) in [7, 11) is 1.56. The lowest BCUT2D eigenvalue weighted by Crippen LogP contribution is -2.25. The molecule has 2 aromatic carbocycles. The number of hydrogen-bond donors (Lipinski definition) is 0. The fourth-order valence-corrected chi connectivity index (χ4v) is 4.17. The maximum atomic E-state index is 13.5. The number of aromatic nitrogens is 4. The second-order valence-corrected chi connectivity index (χ2v) is 9.27. The first-order chi connectivity index (χ1) is 15.2. The Morgan fingerprint density at radius 3 is 2.59 bits per heavy atom. The molecule has 0 spiro atoms. The fourth-order valence-electron chi connectivity index (χ4n) is 3.46. The number of methoxy groups -OCH3 is 1. The Kier molecular flexibility index (Phi) is 5.68. The predicted molar refractivity (Wildman–Crippen MR) is 124 cm³/mol. The Bertz CT molecular complexity index is 1380. The van der Waals surface area contributed by atoms with Crippen molar-refractivity contribution in [3.63, 3.8) is 0 Å². The van der Waals surface area contributed by atoms with Crippen LogP contribution in [0.4, 0.5) is 0 Å². The van der Waals surface area contributed by atoms with Crippen LogP contribution in [0.2, 0.25) is 0 Å². The van der Waals surface area contributed by atoms with Crippen molar-refractivity contribution in [3.05, 3.63) is 58.4 Å². The number of hydrogen-bond acceptors (Lipinski definition) is 7. The Hall–Kier alpha value is -3.33. The number of ether oxygens (including phenoxy) is 2. The van der Waals surface area contributed by atoms with Crippen molar-refractivity contribution in [1.82, 2.24) is 19.2 Å². The Morgan fingerprint density at radius 2 is 1.88 bits per heavy atom. The zero-order chi connectivity index (χ0) is 23.0. The molecule has 32 heavy (non-hydrogen) atoms. The van der Waals surface area contributed by atoms with E-state index in [1.807, 2.05) is 64.1 Å². The van der Waals surface area contributed by atoms with Crippen LogP contribution in [0.25, 0.3) is 22.4 Å². The minimum Gasteiger partial charge on any atom is -0.495 e. The normalized spacial score (nSPS) is 11.8. The Labute approximate surface area is 189 Å². The van der Waals surface area contributed by atoms with Gasteiger partial charge < -0.3 is 9.47 Å². The van der Waals surface area contributed by atoms with Crippen LogP contribution >= 0.6 is 11.8 Å². The maximum Gasteiger partial charge on any atom is 0.316 e. The van der Waals surface area contributed by atoms with Gasteiger partial charge in [-0.3, -0.25) is 14.0 Å². The summed E-state index contributed by atoms with van der Waals surface area (Å²) in [6.07, 6.45) is 0. The van der Waals surface area contributed by atoms with E-state index in [-0.39, 0.29) is 17.3 Å². The summed E-state index contributed by atoms with van der Waals surface area (Å²) in [5, 5.41) is 9.59. The number of benzene rings is 2. The van der Waals surface area contributed by atoms with Gasteiger partial charge in [-0.15, -0.1) is 10.2 Å². The van der Waals surface area contributed by atoms with Gasteiger partial charge in [0.15, 0.2) is 5.16 Å².